The number of methoxy groups -OCH3 is 1. The monoisotopic (exact) mass is 333 g/mol. The van der Waals surface area contributed by atoms with Gasteiger partial charge in [0.05, 0.1) is 12.7 Å². The molecule has 0 radical (unpaired) electrons. The molecule has 122 valence electrons. The van der Waals surface area contributed by atoms with Crippen LogP contribution in [0.1, 0.15) is 30.6 Å². The van der Waals surface area contributed by atoms with E-state index in [-0.39, 0.29) is 17.7 Å². The van der Waals surface area contributed by atoms with Crippen LogP contribution in [0.15, 0.2) is 29.8 Å². The summed E-state index contributed by atoms with van der Waals surface area (Å²) in [6, 6.07) is 4.93. The number of nitrogens with zero attached hydrogens (tertiary/aromatic N) is 1. The molecule has 0 atom stereocenters. The van der Waals surface area contributed by atoms with Crippen molar-refractivity contribution in [2.24, 2.45) is 5.92 Å². The Hall–Kier alpha value is -2.41. The van der Waals surface area contributed by atoms with E-state index >= 15 is 0 Å². The van der Waals surface area contributed by atoms with Crippen LogP contribution in [0.3, 0.4) is 0 Å². The van der Waals surface area contributed by atoms with Gasteiger partial charge in [0.15, 0.2) is 5.13 Å². The molecular formula is C16H19N3O3S. The average Bonchev–Trinajstić information content (AvgIpc) is 2.98. The maximum Gasteiger partial charge on any atom is 0.261 e. The van der Waals surface area contributed by atoms with Crippen molar-refractivity contribution < 1.29 is 14.3 Å². The molecule has 23 heavy (non-hydrogen) atoms. The zero-order valence-corrected chi connectivity index (χ0v) is 14.1. The number of hydrogen-bond acceptors (Lipinski definition) is 5. The Labute approximate surface area is 138 Å². The summed E-state index contributed by atoms with van der Waals surface area (Å²) < 4.78 is 5.26. The van der Waals surface area contributed by atoms with Crippen molar-refractivity contribution in [1.82, 2.24) is 4.98 Å². The van der Waals surface area contributed by atoms with Gasteiger partial charge in [-0.1, -0.05) is 13.8 Å². The number of thiazole rings is 1. The molecule has 0 saturated heterocycles. The Balaban J connectivity index is 2.12. The van der Waals surface area contributed by atoms with Crippen LogP contribution in [0, 0.1) is 5.92 Å². The normalized spacial score (nSPS) is 10.4. The molecule has 1 heterocycles. The van der Waals surface area contributed by atoms with Crippen molar-refractivity contribution in [3.8, 4) is 5.75 Å². The number of ether oxygens (including phenoxy) is 1. The summed E-state index contributed by atoms with van der Waals surface area (Å²) >= 11 is 1.34. The Morgan fingerprint density at radius 2 is 2.09 bits per heavy atom. The maximum absolute atomic E-state index is 12.3. The van der Waals surface area contributed by atoms with Crippen LogP contribution in [0.4, 0.5) is 10.8 Å². The number of nitrogens with one attached hydrogen (secondary N) is 2. The third-order valence-electron chi connectivity index (χ3n) is 2.98. The van der Waals surface area contributed by atoms with Crippen LogP contribution < -0.4 is 15.4 Å². The first kappa shape index (κ1) is 17.0. The topological polar surface area (TPSA) is 80.3 Å². The van der Waals surface area contributed by atoms with Crippen molar-refractivity contribution in [3.63, 3.8) is 0 Å². The molecule has 0 bridgehead atoms. The Kier molecular flexibility index (Phi) is 5.70. The lowest BCUT2D eigenvalue weighted by molar-refractivity contribution is -0.116. The predicted octanol–water partition coefficient (Wildman–Crippen LogP) is 3.39. The molecule has 2 rings (SSSR count). The average molecular weight is 333 g/mol. The SMILES string of the molecule is COc1cc(NC(=O)CC(C)C)ccc1C(=O)Nc1nccs1. The molecule has 1 aromatic carbocycles. The maximum atomic E-state index is 12.3. The summed E-state index contributed by atoms with van der Waals surface area (Å²) in [5.41, 5.74) is 0.975. The molecule has 0 spiro atoms. The van der Waals surface area contributed by atoms with Gasteiger partial charge in [-0.3, -0.25) is 14.9 Å². The molecule has 0 aliphatic rings. The summed E-state index contributed by atoms with van der Waals surface area (Å²) in [6.07, 6.45) is 2.06. The van der Waals surface area contributed by atoms with Crippen LogP contribution in [-0.4, -0.2) is 23.9 Å². The van der Waals surface area contributed by atoms with Gasteiger partial charge < -0.3 is 10.1 Å². The largest absolute Gasteiger partial charge is 0.496 e. The van der Waals surface area contributed by atoms with Gasteiger partial charge in [0.2, 0.25) is 5.91 Å². The lowest BCUT2D eigenvalue weighted by Gasteiger charge is -2.12. The highest BCUT2D eigenvalue weighted by molar-refractivity contribution is 7.13. The second-order valence-electron chi connectivity index (χ2n) is 5.35. The second-order valence-corrected chi connectivity index (χ2v) is 6.25. The lowest BCUT2D eigenvalue weighted by atomic mass is 10.1. The highest BCUT2D eigenvalue weighted by Gasteiger charge is 2.15. The molecule has 0 aliphatic carbocycles. The minimum Gasteiger partial charge on any atom is -0.496 e. The summed E-state index contributed by atoms with van der Waals surface area (Å²) in [5.74, 6) is 0.292. The van der Waals surface area contributed by atoms with Gasteiger partial charge in [0.1, 0.15) is 5.75 Å². The number of aromatic nitrogens is 1. The minimum absolute atomic E-state index is 0.0676. The predicted molar refractivity (Wildman–Crippen MR) is 91.1 cm³/mol. The third-order valence-corrected chi connectivity index (χ3v) is 3.66. The molecule has 0 unspecified atom stereocenters. The second kappa shape index (κ2) is 7.73. The fourth-order valence-corrected chi connectivity index (χ4v) is 2.51. The summed E-state index contributed by atoms with van der Waals surface area (Å²) in [7, 11) is 1.48. The van der Waals surface area contributed by atoms with E-state index in [0.29, 0.717) is 28.6 Å². The molecule has 0 fully saturated rings. The number of rotatable bonds is 6. The molecular weight excluding hydrogens is 314 g/mol. The molecule has 1 aromatic heterocycles. The van der Waals surface area contributed by atoms with Crippen LogP contribution in [0.2, 0.25) is 0 Å². The first-order chi connectivity index (χ1) is 11.0. The van der Waals surface area contributed by atoms with Gasteiger partial charge in [-0.05, 0) is 18.1 Å². The standard InChI is InChI=1S/C16H19N3O3S/c1-10(2)8-14(20)18-11-4-5-12(13(9-11)22-3)15(21)19-16-17-6-7-23-16/h4-7,9-10H,8H2,1-3H3,(H,18,20)(H,17,19,21). The number of amides is 2. The fourth-order valence-electron chi connectivity index (χ4n) is 1.99. The zero-order chi connectivity index (χ0) is 16.8. The summed E-state index contributed by atoms with van der Waals surface area (Å²) in [4.78, 5) is 28.1. The van der Waals surface area contributed by atoms with E-state index in [1.807, 2.05) is 13.8 Å². The Morgan fingerprint density at radius 1 is 1.30 bits per heavy atom. The van der Waals surface area contributed by atoms with Crippen molar-refractivity contribution in [2.45, 2.75) is 20.3 Å². The van der Waals surface area contributed by atoms with Crippen molar-refractivity contribution >= 4 is 34.0 Å². The number of hydrogen-bond donors (Lipinski definition) is 2. The Morgan fingerprint density at radius 3 is 2.70 bits per heavy atom. The molecule has 0 saturated carbocycles. The zero-order valence-electron chi connectivity index (χ0n) is 13.3. The van der Waals surface area contributed by atoms with Crippen molar-refractivity contribution in [3.05, 3.63) is 35.3 Å². The van der Waals surface area contributed by atoms with Gasteiger partial charge in [-0.25, -0.2) is 4.98 Å². The number of carbonyl (C=O) groups excluding carboxylic acids is 2. The fraction of sp³-hybridized carbons (Fsp3) is 0.312. The molecule has 7 heteroatoms. The van der Waals surface area contributed by atoms with Gasteiger partial charge in [-0.2, -0.15) is 0 Å². The minimum atomic E-state index is -0.308. The molecule has 2 N–H and O–H groups in total. The summed E-state index contributed by atoms with van der Waals surface area (Å²) in [6.45, 7) is 3.96. The van der Waals surface area contributed by atoms with Gasteiger partial charge in [-0.15, -0.1) is 11.3 Å². The van der Waals surface area contributed by atoms with Gasteiger partial charge in [0, 0.05) is 29.8 Å². The van der Waals surface area contributed by atoms with Gasteiger partial charge >= 0.3 is 0 Å². The van der Waals surface area contributed by atoms with Crippen LogP contribution in [0.5, 0.6) is 5.75 Å². The van der Waals surface area contributed by atoms with E-state index < -0.39 is 0 Å². The van der Waals surface area contributed by atoms with E-state index in [0.717, 1.165) is 0 Å². The van der Waals surface area contributed by atoms with Crippen LogP contribution in [0.25, 0.3) is 0 Å². The highest BCUT2D eigenvalue weighted by Crippen LogP contribution is 2.25. The molecule has 6 nitrogen and oxygen atoms in total. The number of anilines is 2. The van der Waals surface area contributed by atoms with Crippen LogP contribution in [-0.2, 0) is 4.79 Å². The smallest absolute Gasteiger partial charge is 0.261 e. The first-order valence-electron chi connectivity index (χ1n) is 7.18. The summed E-state index contributed by atoms with van der Waals surface area (Å²) in [5, 5.41) is 7.80. The van der Waals surface area contributed by atoms with E-state index in [1.165, 1.54) is 18.4 Å². The van der Waals surface area contributed by atoms with E-state index in [4.69, 9.17) is 4.74 Å². The Bertz CT molecular complexity index is 684. The number of carbonyl (C=O) groups is 2. The molecule has 0 aliphatic heterocycles. The molecule has 2 aromatic rings. The van der Waals surface area contributed by atoms with Gasteiger partial charge in [0.25, 0.3) is 5.91 Å². The quantitative estimate of drug-likeness (QED) is 0.849. The lowest BCUT2D eigenvalue weighted by Crippen LogP contribution is -2.15. The third kappa shape index (κ3) is 4.79. The van der Waals surface area contributed by atoms with E-state index in [2.05, 4.69) is 15.6 Å². The van der Waals surface area contributed by atoms with Crippen molar-refractivity contribution in [1.29, 1.82) is 0 Å². The molecule has 2 amide bonds. The van der Waals surface area contributed by atoms with Crippen molar-refractivity contribution in [2.75, 3.05) is 17.7 Å². The van der Waals surface area contributed by atoms with E-state index in [1.54, 1.807) is 29.8 Å². The first-order valence-corrected chi connectivity index (χ1v) is 8.06. The van der Waals surface area contributed by atoms with Crippen LogP contribution >= 0.6 is 11.3 Å². The highest BCUT2D eigenvalue weighted by atomic mass is 32.1. The van der Waals surface area contributed by atoms with E-state index in [9.17, 15) is 9.59 Å². The number of benzene rings is 1.